The predicted molar refractivity (Wildman–Crippen MR) is 63.3 cm³/mol. The van der Waals surface area contributed by atoms with Crippen LogP contribution in [-0.4, -0.2) is 54.0 Å². The van der Waals surface area contributed by atoms with Crippen LogP contribution in [0.25, 0.3) is 0 Å². The number of nitrogens with zero attached hydrogens (tertiary/aromatic N) is 1. The van der Waals surface area contributed by atoms with Crippen molar-refractivity contribution >= 4 is 39.2 Å². The van der Waals surface area contributed by atoms with E-state index in [1.165, 1.54) is 0 Å². The van der Waals surface area contributed by atoms with Gasteiger partial charge < -0.3 is 10.2 Å². The highest BCUT2D eigenvalue weighted by Crippen LogP contribution is 2.26. The lowest BCUT2D eigenvalue weighted by atomic mass is 10.4. The van der Waals surface area contributed by atoms with Gasteiger partial charge in [-0.3, -0.25) is 4.90 Å². The molecular formula is C7H16Cl3NO2Si. The third-order valence-electron chi connectivity index (χ3n) is 1.77. The molecule has 0 radical (unpaired) electrons. The Kier molecular flexibility index (Phi) is 8.72. The molecule has 14 heavy (non-hydrogen) atoms. The zero-order chi connectivity index (χ0) is 11.0. The van der Waals surface area contributed by atoms with Crippen LogP contribution in [0.4, 0.5) is 0 Å². The Bertz CT molecular complexity index is 139. The number of hydrogen-bond donors (Lipinski definition) is 2. The number of aliphatic hydroxyl groups is 2. The van der Waals surface area contributed by atoms with Gasteiger partial charge in [0.25, 0.3) is 0 Å². The molecule has 0 aliphatic carbocycles. The molecule has 86 valence electrons. The van der Waals surface area contributed by atoms with E-state index in [-0.39, 0.29) is 13.2 Å². The van der Waals surface area contributed by atoms with Gasteiger partial charge in [0.15, 0.2) is 0 Å². The normalized spacial score (nSPS) is 12.4. The van der Waals surface area contributed by atoms with Crippen LogP contribution >= 0.6 is 33.2 Å². The van der Waals surface area contributed by atoms with Gasteiger partial charge in [0, 0.05) is 13.1 Å². The van der Waals surface area contributed by atoms with Crippen molar-refractivity contribution < 1.29 is 10.2 Å². The number of hydrogen-bond acceptors (Lipinski definition) is 3. The second-order valence-electron chi connectivity index (χ2n) is 3.01. The van der Waals surface area contributed by atoms with E-state index in [1.54, 1.807) is 0 Å². The van der Waals surface area contributed by atoms with Gasteiger partial charge in [-0.15, -0.1) is 33.2 Å². The fourth-order valence-electron chi connectivity index (χ4n) is 1.12. The van der Waals surface area contributed by atoms with Crippen molar-refractivity contribution in [2.75, 3.05) is 32.8 Å². The lowest BCUT2D eigenvalue weighted by Crippen LogP contribution is -2.31. The third-order valence-corrected chi connectivity index (χ3v) is 4.39. The van der Waals surface area contributed by atoms with Gasteiger partial charge in [-0.2, -0.15) is 0 Å². The Morgan fingerprint density at radius 3 is 1.79 bits per heavy atom. The van der Waals surface area contributed by atoms with E-state index in [0.717, 1.165) is 13.0 Å². The highest BCUT2D eigenvalue weighted by atomic mass is 35.8. The van der Waals surface area contributed by atoms with Crippen LogP contribution in [0, 0.1) is 0 Å². The molecule has 0 saturated carbocycles. The molecule has 0 amide bonds. The zero-order valence-electron chi connectivity index (χ0n) is 7.93. The molecule has 3 nitrogen and oxygen atoms in total. The minimum absolute atomic E-state index is 0.0885. The van der Waals surface area contributed by atoms with Gasteiger partial charge in [0.2, 0.25) is 0 Å². The van der Waals surface area contributed by atoms with Crippen molar-refractivity contribution in [2.24, 2.45) is 0 Å². The van der Waals surface area contributed by atoms with E-state index in [4.69, 9.17) is 43.5 Å². The largest absolute Gasteiger partial charge is 0.395 e. The van der Waals surface area contributed by atoms with Crippen LogP contribution in [0.2, 0.25) is 6.04 Å². The minimum Gasteiger partial charge on any atom is -0.395 e. The summed E-state index contributed by atoms with van der Waals surface area (Å²) >= 11 is 17.2. The van der Waals surface area contributed by atoms with Crippen molar-refractivity contribution in [3.05, 3.63) is 0 Å². The van der Waals surface area contributed by atoms with Gasteiger partial charge in [0.05, 0.1) is 13.2 Å². The molecule has 0 saturated heterocycles. The molecule has 0 heterocycles. The molecule has 0 aromatic heterocycles. The molecule has 7 heteroatoms. The maximum atomic E-state index is 8.73. The standard InChI is InChI=1S/C7H16Cl3NO2Si/c8-14(9,10)7-1-2-11(3-5-12)4-6-13/h12-13H,1-7H2. The zero-order valence-corrected chi connectivity index (χ0v) is 11.2. The topological polar surface area (TPSA) is 43.7 Å². The summed E-state index contributed by atoms with van der Waals surface area (Å²) in [5.41, 5.74) is 0. The van der Waals surface area contributed by atoms with Crippen molar-refractivity contribution in [1.82, 2.24) is 4.90 Å². The highest BCUT2D eigenvalue weighted by molar-refractivity contribution is 7.64. The summed E-state index contributed by atoms with van der Waals surface area (Å²) in [6.07, 6.45) is 0.794. The van der Waals surface area contributed by atoms with E-state index in [2.05, 4.69) is 0 Å². The second kappa shape index (κ2) is 8.16. The van der Waals surface area contributed by atoms with Gasteiger partial charge >= 0.3 is 6.00 Å². The summed E-state index contributed by atoms with van der Waals surface area (Å²) in [5.74, 6) is 0. The molecule has 0 unspecified atom stereocenters. The molecule has 0 bridgehead atoms. The first-order chi connectivity index (χ1) is 6.49. The van der Waals surface area contributed by atoms with Crippen molar-refractivity contribution in [2.45, 2.75) is 12.5 Å². The monoisotopic (exact) mass is 279 g/mol. The number of halogens is 3. The van der Waals surface area contributed by atoms with E-state index < -0.39 is 6.00 Å². The van der Waals surface area contributed by atoms with Crippen LogP contribution < -0.4 is 0 Å². The molecular weight excluding hydrogens is 265 g/mol. The van der Waals surface area contributed by atoms with Gasteiger partial charge in [-0.1, -0.05) is 0 Å². The Hall–Kier alpha value is 0.967. The van der Waals surface area contributed by atoms with Crippen LogP contribution in [0.3, 0.4) is 0 Å². The summed E-state index contributed by atoms with van der Waals surface area (Å²) in [4.78, 5) is 1.95. The van der Waals surface area contributed by atoms with Crippen LogP contribution in [0.1, 0.15) is 6.42 Å². The van der Waals surface area contributed by atoms with E-state index >= 15 is 0 Å². The SMILES string of the molecule is OCCN(CCO)CCC[Si](Cl)(Cl)Cl. The lowest BCUT2D eigenvalue weighted by molar-refractivity contribution is 0.161. The highest BCUT2D eigenvalue weighted by Gasteiger charge is 2.24. The summed E-state index contributed by atoms with van der Waals surface area (Å²) < 4.78 is 0. The lowest BCUT2D eigenvalue weighted by Gasteiger charge is -2.20. The predicted octanol–water partition coefficient (Wildman–Crippen LogP) is 1.32. The van der Waals surface area contributed by atoms with E-state index in [0.29, 0.717) is 19.1 Å². The molecule has 2 N–H and O–H groups in total. The van der Waals surface area contributed by atoms with Gasteiger partial charge in [-0.05, 0) is 19.0 Å². The molecule has 0 rings (SSSR count). The van der Waals surface area contributed by atoms with Crippen molar-refractivity contribution in [3.63, 3.8) is 0 Å². The van der Waals surface area contributed by atoms with Gasteiger partial charge in [-0.25, -0.2) is 0 Å². The van der Waals surface area contributed by atoms with E-state index in [1.807, 2.05) is 4.90 Å². The summed E-state index contributed by atoms with van der Waals surface area (Å²) in [6.45, 7) is 2.04. The fraction of sp³-hybridized carbons (Fsp3) is 1.00. The maximum Gasteiger partial charge on any atom is 0.341 e. The minimum atomic E-state index is -2.50. The molecule has 0 aliphatic rings. The number of rotatable bonds is 8. The van der Waals surface area contributed by atoms with Crippen LogP contribution in [0.5, 0.6) is 0 Å². The Morgan fingerprint density at radius 1 is 0.929 bits per heavy atom. The fourth-order valence-corrected chi connectivity index (χ4v) is 2.88. The molecule has 0 fully saturated rings. The summed E-state index contributed by atoms with van der Waals surface area (Å²) in [7, 11) is 0. The first-order valence-corrected chi connectivity index (χ1v) is 9.74. The number of aliphatic hydroxyl groups excluding tert-OH is 2. The molecule has 0 aromatic rings. The first kappa shape index (κ1) is 15.0. The molecule has 0 spiro atoms. The average molecular weight is 281 g/mol. The summed E-state index contributed by atoms with van der Waals surface area (Å²) in [6, 6.07) is -1.89. The van der Waals surface area contributed by atoms with Crippen LogP contribution in [0.15, 0.2) is 0 Å². The quantitative estimate of drug-likeness (QED) is 0.521. The second-order valence-corrected chi connectivity index (χ2v) is 12.3. The first-order valence-electron chi connectivity index (χ1n) is 4.50. The smallest absolute Gasteiger partial charge is 0.341 e. The maximum absolute atomic E-state index is 8.73. The summed E-state index contributed by atoms with van der Waals surface area (Å²) in [5, 5.41) is 17.5. The Morgan fingerprint density at radius 2 is 1.43 bits per heavy atom. The third kappa shape index (κ3) is 9.52. The Labute approximate surface area is 99.7 Å². The van der Waals surface area contributed by atoms with Gasteiger partial charge in [0.1, 0.15) is 0 Å². The van der Waals surface area contributed by atoms with Crippen LogP contribution in [-0.2, 0) is 0 Å². The molecule has 0 atom stereocenters. The molecule has 0 aromatic carbocycles. The average Bonchev–Trinajstić information content (AvgIpc) is 2.02. The van der Waals surface area contributed by atoms with Crippen molar-refractivity contribution in [3.8, 4) is 0 Å². The van der Waals surface area contributed by atoms with E-state index in [9.17, 15) is 0 Å². The molecule has 0 aliphatic heterocycles. The Balaban J connectivity index is 3.60. The van der Waals surface area contributed by atoms with Crippen molar-refractivity contribution in [1.29, 1.82) is 0 Å².